The number of nitrogens with one attached hydrogen (secondary N) is 3. The average Bonchev–Trinajstić information content (AvgIpc) is 3.09. The molecule has 1 amide bonds. The van der Waals surface area contributed by atoms with Crippen LogP contribution in [0.15, 0.2) is 40.6 Å². The smallest absolute Gasteiger partial charge is 0.251 e. The molecule has 1 heterocycles. The summed E-state index contributed by atoms with van der Waals surface area (Å²) in [5, 5.41) is 6.39. The molecule has 0 saturated carbocycles. The highest BCUT2D eigenvalue weighted by Crippen LogP contribution is 2.22. The van der Waals surface area contributed by atoms with Crippen molar-refractivity contribution in [3.63, 3.8) is 0 Å². The Bertz CT molecular complexity index is 878. The van der Waals surface area contributed by atoms with Crippen LogP contribution in [0.1, 0.15) is 29.1 Å². The van der Waals surface area contributed by atoms with E-state index in [1.54, 1.807) is 36.4 Å². The Labute approximate surface area is 169 Å². The van der Waals surface area contributed by atoms with Gasteiger partial charge in [-0.2, -0.15) is 0 Å². The Hall–Kier alpha value is -1.45. The van der Waals surface area contributed by atoms with Crippen molar-refractivity contribution < 1.29 is 13.2 Å². The van der Waals surface area contributed by atoms with Crippen molar-refractivity contribution in [1.29, 1.82) is 0 Å². The molecule has 0 aliphatic heterocycles. The summed E-state index contributed by atoms with van der Waals surface area (Å²) < 4.78 is 27.8. The topological polar surface area (TPSA) is 87.3 Å². The molecule has 1 aromatic carbocycles. The van der Waals surface area contributed by atoms with Crippen molar-refractivity contribution in [3.8, 4) is 0 Å². The number of benzene rings is 1. The second-order valence-corrected chi connectivity index (χ2v) is 10.5. The summed E-state index contributed by atoms with van der Waals surface area (Å²) in [4.78, 5) is 12.9. The lowest BCUT2D eigenvalue weighted by Crippen LogP contribution is -2.39. The summed E-state index contributed by atoms with van der Waals surface area (Å²) in [6, 6.07) is 9.83. The van der Waals surface area contributed by atoms with Crippen LogP contribution in [-0.2, 0) is 16.6 Å². The van der Waals surface area contributed by atoms with E-state index in [2.05, 4.69) is 15.4 Å². The Balaban J connectivity index is 1.95. The van der Waals surface area contributed by atoms with E-state index in [0.717, 1.165) is 16.2 Å². The predicted octanol–water partition coefficient (Wildman–Crippen LogP) is 2.86. The van der Waals surface area contributed by atoms with Crippen molar-refractivity contribution in [2.45, 2.75) is 24.6 Å². The number of carbonyl (C=O) groups is 1. The van der Waals surface area contributed by atoms with Crippen LogP contribution in [0.3, 0.4) is 0 Å². The van der Waals surface area contributed by atoms with Crippen molar-refractivity contribution >= 4 is 38.9 Å². The van der Waals surface area contributed by atoms with E-state index < -0.39 is 10.0 Å². The molecule has 6 nitrogen and oxygen atoms in total. The molecule has 0 fully saturated rings. The van der Waals surface area contributed by atoms with Crippen LogP contribution >= 0.6 is 22.9 Å². The maximum absolute atomic E-state index is 12.5. The van der Waals surface area contributed by atoms with Crippen LogP contribution in [-0.4, -0.2) is 34.5 Å². The number of rotatable bonds is 9. The lowest BCUT2D eigenvalue weighted by Gasteiger charge is -2.24. The Kier molecular flexibility index (Phi) is 7.41. The molecule has 9 heteroatoms. The summed E-state index contributed by atoms with van der Waals surface area (Å²) in [7, 11) is -1.74. The Morgan fingerprint density at radius 2 is 1.78 bits per heavy atom. The van der Waals surface area contributed by atoms with Crippen LogP contribution < -0.4 is 15.4 Å². The van der Waals surface area contributed by atoms with Crippen LogP contribution in [0.4, 0.5) is 0 Å². The van der Waals surface area contributed by atoms with Gasteiger partial charge in [-0.25, -0.2) is 13.1 Å². The number of hydrogen-bond donors (Lipinski definition) is 3. The molecule has 2 rings (SSSR count). The number of sulfonamides is 1. The highest BCUT2D eigenvalue weighted by Gasteiger charge is 2.23. The molecule has 0 saturated heterocycles. The summed E-state index contributed by atoms with van der Waals surface area (Å²) in [5.41, 5.74) is 0.298. The van der Waals surface area contributed by atoms with E-state index in [9.17, 15) is 13.2 Å². The second kappa shape index (κ2) is 9.16. The van der Waals surface area contributed by atoms with E-state index >= 15 is 0 Å². The SMILES string of the molecule is CNCC(C)(C)CNS(=O)(=O)c1ccc(CNC(=O)c2ccc(Cl)cc2)s1. The van der Waals surface area contributed by atoms with Gasteiger partial charge in [0.25, 0.3) is 5.91 Å². The van der Waals surface area contributed by atoms with Crippen LogP contribution in [0.2, 0.25) is 5.02 Å². The van der Waals surface area contributed by atoms with Gasteiger partial charge in [0.2, 0.25) is 10.0 Å². The fourth-order valence-electron chi connectivity index (χ4n) is 2.37. The minimum absolute atomic E-state index is 0.200. The number of hydrogen-bond acceptors (Lipinski definition) is 5. The lowest BCUT2D eigenvalue weighted by atomic mass is 9.94. The van der Waals surface area contributed by atoms with Gasteiger partial charge in [-0.3, -0.25) is 4.79 Å². The molecule has 0 aliphatic carbocycles. The number of thiophene rings is 1. The monoisotopic (exact) mass is 429 g/mol. The van der Waals surface area contributed by atoms with Crippen LogP contribution in [0, 0.1) is 5.41 Å². The minimum atomic E-state index is -3.57. The third-order valence-corrected chi connectivity index (χ3v) is 7.06. The average molecular weight is 430 g/mol. The highest BCUT2D eigenvalue weighted by atomic mass is 35.5. The first-order valence-corrected chi connectivity index (χ1v) is 11.1. The zero-order valence-electron chi connectivity index (χ0n) is 15.5. The molecular formula is C18H24ClN3O3S2. The first-order valence-electron chi connectivity index (χ1n) is 8.40. The number of amides is 1. The molecular weight excluding hydrogens is 406 g/mol. The summed E-state index contributed by atoms with van der Waals surface area (Å²) in [6.45, 7) is 5.25. The molecule has 0 spiro atoms. The zero-order chi connectivity index (χ0) is 20.1. The largest absolute Gasteiger partial charge is 0.347 e. The third kappa shape index (κ3) is 6.58. The first-order chi connectivity index (χ1) is 12.6. The molecule has 0 atom stereocenters. The van der Waals surface area contributed by atoms with E-state index in [1.165, 1.54) is 0 Å². The van der Waals surface area contributed by atoms with Crippen molar-refractivity contribution in [3.05, 3.63) is 51.9 Å². The van der Waals surface area contributed by atoms with E-state index in [1.807, 2.05) is 20.9 Å². The molecule has 0 unspecified atom stereocenters. The van der Waals surface area contributed by atoms with Crippen molar-refractivity contribution in [1.82, 2.24) is 15.4 Å². The van der Waals surface area contributed by atoms with Gasteiger partial charge in [-0.15, -0.1) is 11.3 Å². The predicted molar refractivity (Wildman–Crippen MR) is 110 cm³/mol. The van der Waals surface area contributed by atoms with Gasteiger partial charge in [0.1, 0.15) is 4.21 Å². The molecule has 148 valence electrons. The lowest BCUT2D eigenvalue weighted by molar-refractivity contribution is 0.0951. The Morgan fingerprint density at radius 1 is 1.11 bits per heavy atom. The Morgan fingerprint density at radius 3 is 2.41 bits per heavy atom. The summed E-state index contributed by atoms with van der Waals surface area (Å²) in [6.07, 6.45) is 0. The zero-order valence-corrected chi connectivity index (χ0v) is 17.9. The third-order valence-electron chi connectivity index (χ3n) is 3.83. The molecule has 1 aromatic heterocycles. The molecule has 0 radical (unpaired) electrons. The van der Waals surface area contributed by atoms with E-state index in [-0.39, 0.29) is 22.1 Å². The molecule has 2 aromatic rings. The quantitative estimate of drug-likeness (QED) is 0.572. The normalized spacial score (nSPS) is 12.1. The maximum Gasteiger partial charge on any atom is 0.251 e. The van der Waals surface area contributed by atoms with Gasteiger partial charge >= 0.3 is 0 Å². The van der Waals surface area contributed by atoms with E-state index in [4.69, 9.17) is 11.6 Å². The standard InChI is InChI=1S/C18H24ClN3O3S2/c1-18(2,11-20-3)12-22-27(24,25)16-9-8-15(26-16)10-21-17(23)13-4-6-14(19)7-5-13/h4-9,20,22H,10-12H2,1-3H3,(H,21,23). The summed E-state index contributed by atoms with van der Waals surface area (Å²) in [5.74, 6) is -0.239. The van der Waals surface area contributed by atoms with Gasteiger partial charge in [0.05, 0.1) is 6.54 Å². The van der Waals surface area contributed by atoms with Crippen molar-refractivity contribution in [2.24, 2.45) is 5.41 Å². The minimum Gasteiger partial charge on any atom is -0.347 e. The van der Waals surface area contributed by atoms with Gasteiger partial charge in [-0.05, 0) is 48.9 Å². The first kappa shape index (κ1) is 21.8. The second-order valence-electron chi connectivity index (χ2n) is 6.93. The number of carbonyl (C=O) groups excluding carboxylic acids is 1. The highest BCUT2D eigenvalue weighted by molar-refractivity contribution is 7.91. The van der Waals surface area contributed by atoms with Gasteiger partial charge < -0.3 is 10.6 Å². The molecule has 0 bridgehead atoms. The molecule has 3 N–H and O–H groups in total. The maximum atomic E-state index is 12.5. The summed E-state index contributed by atoms with van der Waals surface area (Å²) >= 11 is 6.95. The van der Waals surface area contributed by atoms with Crippen LogP contribution in [0.25, 0.3) is 0 Å². The molecule has 27 heavy (non-hydrogen) atoms. The van der Waals surface area contributed by atoms with Crippen LogP contribution in [0.5, 0.6) is 0 Å². The van der Waals surface area contributed by atoms with Gasteiger partial charge in [0.15, 0.2) is 0 Å². The molecule has 0 aliphatic rings. The fraction of sp³-hybridized carbons (Fsp3) is 0.389. The van der Waals surface area contributed by atoms with E-state index in [0.29, 0.717) is 23.7 Å². The number of halogens is 1. The van der Waals surface area contributed by atoms with Gasteiger partial charge in [0, 0.05) is 28.6 Å². The van der Waals surface area contributed by atoms with Crippen molar-refractivity contribution in [2.75, 3.05) is 20.1 Å². The van der Waals surface area contributed by atoms with Gasteiger partial charge in [-0.1, -0.05) is 25.4 Å². The fourth-order valence-corrected chi connectivity index (χ4v) is 5.08.